The summed E-state index contributed by atoms with van der Waals surface area (Å²) in [5.74, 6) is -0.451. The van der Waals surface area contributed by atoms with Gasteiger partial charge in [0.2, 0.25) is 5.91 Å². The molecule has 1 heterocycles. The van der Waals surface area contributed by atoms with Gasteiger partial charge in [0, 0.05) is 6.54 Å². The molecule has 1 unspecified atom stereocenters. The molecule has 0 aromatic carbocycles. The molecule has 1 aromatic rings. The summed E-state index contributed by atoms with van der Waals surface area (Å²) in [6, 6.07) is 0. The molecule has 0 saturated heterocycles. The van der Waals surface area contributed by atoms with E-state index in [1.165, 1.54) is 4.68 Å². The Bertz CT molecular complexity index is 507. The van der Waals surface area contributed by atoms with Crippen LogP contribution >= 0.6 is 0 Å². The Morgan fingerprint density at radius 3 is 2.74 bits per heavy atom. The lowest BCUT2D eigenvalue weighted by atomic mass is 10.1. The van der Waals surface area contributed by atoms with Gasteiger partial charge in [0.15, 0.2) is 0 Å². The number of hydrogen-bond donors (Lipinski definition) is 1. The first kappa shape index (κ1) is 14.9. The van der Waals surface area contributed by atoms with Gasteiger partial charge in [-0.25, -0.2) is 0 Å². The molecule has 19 heavy (non-hydrogen) atoms. The van der Waals surface area contributed by atoms with E-state index in [1.807, 2.05) is 0 Å². The van der Waals surface area contributed by atoms with E-state index in [4.69, 9.17) is 0 Å². The van der Waals surface area contributed by atoms with Crippen molar-refractivity contribution >= 4 is 11.6 Å². The molecule has 1 rings (SSSR count). The minimum absolute atomic E-state index is 0.0127. The third-order valence-corrected chi connectivity index (χ3v) is 2.84. The van der Waals surface area contributed by atoms with Crippen molar-refractivity contribution in [3.8, 4) is 0 Å². The summed E-state index contributed by atoms with van der Waals surface area (Å²) in [5.41, 5.74) is 0.839. The second kappa shape index (κ2) is 6.12. The predicted molar refractivity (Wildman–Crippen MR) is 70.7 cm³/mol. The topological polar surface area (TPSA) is 90.1 Å². The zero-order valence-corrected chi connectivity index (χ0v) is 11.3. The molecule has 0 spiro atoms. The Kier molecular flexibility index (Phi) is 4.80. The van der Waals surface area contributed by atoms with Crippen LogP contribution in [0.4, 0.5) is 5.69 Å². The summed E-state index contributed by atoms with van der Waals surface area (Å²) in [6.07, 6.45) is 1.60. The van der Waals surface area contributed by atoms with Crippen LogP contribution in [0.5, 0.6) is 0 Å². The minimum Gasteiger partial charge on any atom is -0.352 e. The van der Waals surface area contributed by atoms with Crippen molar-refractivity contribution in [2.45, 2.75) is 27.3 Å². The summed E-state index contributed by atoms with van der Waals surface area (Å²) >= 11 is 0. The molecule has 0 bridgehead atoms. The number of nitrogens with zero attached hydrogens (tertiary/aromatic N) is 3. The first-order valence-corrected chi connectivity index (χ1v) is 5.95. The second-order valence-corrected chi connectivity index (χ2v) is 4.39. The number of carbonyl (C=O) groups excluding carboxylic acids is 1. The summed E-state index contributed by atoms with van der Waals surface area (Å²) in [6.45, 7) is 9.20. The summed E-state index contributed by atoms with van der Waals surface area (Å²) in [5, 5.41) is 17.7. The Morgan fingerprint density at radius 1 is 1.63 bits per heavy atom. The van der Waals surface area contributed by atoms with Gasteiger partial charge in [-0.1, -0.05) is 13.0 Å². The maximum absolute atomic E-state index is 11.7. The second-order valence-electron chi connectivity index (χ2n) is 4.39. The maximum Gasteiger partial charge on any atom is 0.312 e. The minimum atomic E-state index is -0.448. The largest absolute Gasteiger partial charge is 0.352 e. The van der Waals surface area contributed by atoms with Gasteiger partial charge in [0.1, 0.15) is 11.4 Å². The molecule has 0 saturated carbocycles. The average molecular weight is 266 g/mol. The number of rotatable bonds is 6. The molecule has 0 aliphatic carbocycles. The lowest BCUT2D eigenvalue weighted by Gasteiger charge is -2.12. The first-order chi connectivity index (χ1) is 8.88. The highest BCUT2D eigenvalue weighted by Crippen LogP contribution is 2.22. The van der Waals surface area contributed by atoms with E-state index in [2.05, 4.69) is 17.0 Å². The molecule has 0 fully saturated rings. The molecule has 0 aliphatic heterocycles. The van der Waals surface area contributed by atoms with E-state index in [0.717, 1.165) is 0 Å². The summed E-state index contributed by atoms with van der Waals surface area (Å²) in [7, 11) is 0. The third-order valence-electron chi connectivity index (χ3n) is 2.84. The smallest absolute Gasteiger partial charge is 0.312 e. The van der Waals surface area contributed by atoms with Crippen LogP contribution in [0.2, 0.25) is 0 Å². The molecule has 1 N–H and O–H groups in total. The Balaban J connectivity index is 2.83. The van der Waals surface area contributed by atoms with Gasteiger partial charge in [0.25, 0.3) is 0 Å². The van der Waals surface area contributed by atoms with Gasteiger partial charge in [-0.15, -0.1) is 6.58 Å². The Labute approximate surface area is 111 Å². The molecule has 0 radical (unpaired) electrons. The molecule has 7 heteroatoms. The van der Waals surface area contributed by atoms with Crippen molar-refractivity contribution in [3.63, 3.8) is 0 Å². The van der Waals surface area contributed by atoms with Crippen molar-refractivity contribution in [2.24, 2.45) is 5.92 Å². The zero-order chi connectivity index (χ0) is 14.6. The van der Waals surface area contributed by atoms with Crippen LogP contribution in [-0.4, -0.2) is 27.2 Å². The van der Waals surface area contributed by atoms with Gasteiger partial charge in [-0.05, 0) is 13.8 Å². The molecule has 7 nitrogen and oxygen atoms in total. The van der Waals surface area contributed by atoms with Crippen LogP contribution in [0.1, 0.15) is 18.3 Å². The number of carbonyl (C=O) groups is 1. The van der Waals surface area contributed by atoms with Crippen LogP contribution in [0.15, 0.2) is 12.7 Å². The van der Waals surface area contributed by atoms with Crippen LogP contribution in [0, 0.1) is 29.9 Å². The van der Waals surface area contributed by atoms with Gasteiger partial charge in [-0.2, -0.15) is 5.10 Å². The fourth-order valence-corrected chi connectivity index (χ4v) is 1.82. The normalized spacial score (nSPS) is 11.9. The van der Waals surface area contributed by atoms with Crippen molar-refractivity contribution in [1.29, 1.82) is 0 Å². The van der Waals surface area contributed by atoms with Crippen molar-refractivity contribution < 1.29 is 9.72 Å². The first-order valence-electron chi connectivity index (χ1n) is 5.95. The van der Waals surface area contributed by atoms with Gasteiger partial charge in [-0.3, -0.25) is 19.6 Å². The van der Waals surface area contributed by atoms with Crippen molar-refractivity contribution in [2.75, 3.05) is 6.54 Å². The van der Waals surface area contributed by atoms with E-state index in [-0.39, 0.29) is 17.5 Å². The van der Waals surface area contributed by atoms with Crippen molar-refractivity contribution in [1.82, 2.24) is 15.1 Å². The summed E-state index contributed by atoms with van der Waals surface area (Å²) in [4.78, 5) is 22.1. The molecular weight excluding hydrogens is 248 g/mol. The average Bonchev–Trinajstić information content (AvgIpc) is 2.61. The van der Waals surface area contributed by atoms with Crippen molar-refractivity contribution in [3.05, 3.63) is 34.2 Å². The van der Waals surface area contributed by atoms with Crippen LogP contribution in [-0.2, 0) is 11.3 Å². The molecule has 1 atom stereocenters. The molecule has 1 amide bonds. The van der Waals surface area contributed by atoms with Gasteiger partial charge in [0.05, 0.1) is 17.4 Å². The molecule has 104 valence electrons. The maximum atomic E-state index is 11.7. The SMILES string of the molecule is C=CCNC(=O)C(C)Cn1nc(C)c([N+](=O)[O-])c1C. The molecule has 0 aliphatic rings. The fourth-order valence-electron chi connectivity index (χ4n) is 1.82. The number of amides is 1. The fraction of sp³-hybridized carbons (Fsp3) is 0.500. The molecular formula is C12H18N4O3. The number of nitrogens with one attached hydrogen (secondary N) is 1. The van der Waals surface area contributed by atoms with Crippen LogP contribution < -0.4 is 5.32 Å². The highest BCUT2D eigenvalue weighted by molar-refractivity contribution is 5.78. The van der Waals surface area contributed by atoms with E-state index in [0.29, 0.717) is 24.5 Å². The van der Waals surface area contributed by atoms with Crippen LogP contribution in [0.3, 0.4) is 0 Å². The standard InChI is InChI=1S/C12H18N4O3/c1-5-6-13-12(17)8(2)7-15-10(4)11(16(18)19)9(3)14-15/h5,8H,1,6-7H2,2-4H3,(H,13,17). The lowest BCUT2D eigenvalue weighted by molar-refractivity contribution is -0.386. The predicted octanol–water partition coefficient (Wildman–Crippen LogP) is 1.35. The zero-order valence-electron chi connectivity index (χ0n) is 11.3. The van der Waals surface area contributed by atoms with Gasteiger partial charge >= 0.3 is 5.69 Å². The lowest BCUT2D eigenvalue weighted by Crippen LogP contribution is -2.32. The Morgan fingerprint density at radius 2 is 2.26 bits per heavy atom. The number of aromatic nitrogens is 2. The number of aryl methyl sites for hydroxylation is 1. The third kappa shape index (κ3) is 3.40. The van der Waals surface area contributed by atoms with E-state index >= 15 is 0 Å². The van der Waals surface area contributed by atoms with E-state index in [9.17, 15) is 14.9 Å². The number of hydrogen-bond acceptors (Lipinski definition) is 4. The van der Waals surface area contributed by atoms with E-state index in [1.54, 1.807) is 26.8 Å². The summed E-state index contributed by atoms with van der Waals surface area (Å²) < 4.78 is 1.51. The highest BCUT2D eigenvalue weighted by Gasteiger charge is 2.23. The molecule has 1 aromatic heterocycles. The monoisotopic (exact) mass is 266 g/mol. The highest BCUT2D eigenvalue weighted by atomic mass is 16.6. The van der Waals surface area contributed by atoms with Gasteiger partial charge < -0.3 is 5.32 Å². The number of nitro groups is 1. The Hall–Kier alpha value is -2.18. The quantitative estimate of drug-likeness (QED) is 0.478. The van der Waals surface area contributed by atoms with Crippen LogP contribution in [0.25, 0.3) is 0 Å². The van der Waals surface area contributed by atoms with E-state index < -0.39 is 4.92 Å².